The maximum Gasteiger partial charge on any atom is 0.244 e. The van der Waals surface area contributed by atoms with Crippen LogP contribution in [0.5, 0.6) is 5.75 Å². The van der Waals surface area contributed by atoms with Crippen molar-refractivity contribution in [3.8, 4) is 5.75 Å². The van der Waals surface area contributed by atoms with E-state index in [9.17, 15) is 9.59 Å². The first kappa shape index (κ1) is 16.5. The summed E-state index contributed by atoms with van der Waals surface area (Å²) in [7, 11) is 1.59. The van der Waals surface area contributed by atoms with Gasteiger partial charge >= 0.3 is 0 Å². The van der Waals surface area contributed by atoms with E-state index >= 15 is 0 Å². The molecule has 0 aliphatic heterocycles. The fourth-order valence-electron chi connectivity index (χ4n) is 2.11. The largest absolute Gasteiger partial charge is 0.497 e. The molecule has 0 spiro atoms. The van der Waals surface area contributed by atoms with Crippen molar-refractivity contribution in [2.45, 2.75) is 12.5 Å². The Kier molecular flexibility index (Phi) is 6.12. The molecule has 1 N–H and O–H groups in total. The highest BCUT2D eigenvalue weighted by atomic mass is 16.5. The zero-order valence-electron chi connectivity index (χ0n) is 12.9. The number of ether oxygens (including phenoxy) is 1. The fourth-order valence-corrected chi connectivity index (χ4v) is 2.11. The van der Waals surface area contributed by atoms with Gasteiger partial charge in [-0.25, -0.2) is 0 Å². The molecule has 0 saturated carbocycles. The van der Waals surface area contributed by atoms with Crippen molar-refractivity contribution < 1.29 is 14.3 Å². The summed E-state index contributed by atoms with van der Waals surface area (Å²) in [6.07, 6.45) is 5.34. The normalized spacial score (nSPS) is 11.9. The zero-order valence-corrected chi connectivity index (χ0v) is 12.9. The molecule has 0 aliphatic carbocycles. The fraction of sp³-hybridized carbons (Fsp3) is 0.158. The van der Waals surface area contributed by atoms with Gasteiger partial charge in [0.1, 0.15) is 5.75 Å². The van der Waals surface area contributed by atoms with Crippen LogP contribution in [-0.2, 0) is 16.0 Å². The SMILES string of the molecule is COc1cccc(C=CC(=O)N[C@H]([C]=O)Cc2ccccc2)c1. The average Bonchev–Trinajstić information content (AvgIpc) is 2.60. The molecule has 0 aromatic heterocycles. The van der Waals surface area contributed by atoms with Gasteiger partial charge in [0.15, 0.2) is 0 Å². The molecule has 0 aliphatic rings. The van der Waals surface area contributed by atoms with Crippen LogP contribution in [0.4, 0.5) is 0 Å². The Balaban J connectivity index is 1.94. The zero-order chi connectivity index (χ0) is 16.5. The average molecular weight is 308 g/mol. The molecule has 0 unspecified atom stereocenters. The van der Waals surface area contributed by atoms with Crippen LogP contribution in [-0.4, -0.2) is 25.3 Å². The summed E-state index contributed by atoms with van der Waals surface area (Å²) in [6.45, 7) is 0. The number of carbonyl (C=O) groups is 1. The van der Waals surface area contributed by atoms with E-state index in [-0.39, 0.29) is 5.91 Å². The number of hydrogen-bond acceptors (Lipinski definition) is 3. The summed E-state index contributed by atoms with van der Waals surface area (Å²) in [5.41, 5.74) is 1.81. The van der Waals surface area contributed by atoms with E-state index in [1.807, 2.05) is 60.9 Å². The number of methoxy groups -OCH3 is 1. The molecule has 23 heavy (non-hydrogen) atoms. The van der Waals surface area contributed by atoms with Crippen molar-refractivity contribution in [1.82, 2.24) is 5.32 Å². The van der Waals surface area contributed by atoms with Gasteiger partial charge in [-0.15, -0.1) is 0 Å². The molecule has 4 heteroatoms. The second kappa shape index (κ2) is 8.54. The van der Waals surface area contributed by atoms with Gasteiger partial charge in [-0.05, 0) is 29.3 Å². The highest BCUT2D eigenvalue weighted by molar-refractivity contribution is 5.93. The van der Waals surface area contributed by atoms with Crippen LogP contribution in [0.3, 0.4) is 0 Å². The number of carbonyl (C=O) groups excluding carboxylic acids is 2. The Morgan fingerprint density at radius 3 is 2.70 bits per heavy atom. The third-order valence-electron chi connectivity index (χ3n) is 3.26. The van der Waals surface area contributed by atoms with E-state index < -0.39 is 6.04 Å². The van der Waals surface area contributed by atoms with Gasteiger partial charge in [0.05, 0.1) is 13.2 Å². The van der Waals surface area contributed by atoms with Crippen LogP contribution in [0.25, 0.3) is 6.08 Å². The smallest absolute Gasteiger partial charge is 0.244 e. The molecule has 0 heterocycles. The van der Waals surface area contributed by atoms with Gasteiger partial charge in [-0.3, -0.25) is 9.59 Å². The summed E-state index contributed by atoms with van der Waals surface area (Å²) < 4.78 is 5.12. The second-order valence-electron chi connectivity index (χ2n) is 4.98. The number of nitrogens with one attached hydrogen (secondary N) is 1. The Hall–Kier alpha value is -2.88. The van der Waals surface area contributed by atoms with E-state index in [1.165, 1.54) is 6.08 Å². The third kappa shape index (κ3) is 5.43. The lowest BCUT2D eigenvalue weighted by molar-refractivity contribution is -0.116. The van der Waals surface area contributed by atoms with Gasteiger partial charge < -0.3 is 10.1 Å². The molecule has 1 amide bonds. The Morgan fingerprint density at radius 1 is 1.22 bits per heavy atom. The minimum atomic E-state index is -0.667. The first-order valence-corrected chi connectivity index (χ1v) is 7.25. The Labute approximate surface area is 135 Å². The minimum absolute atomic E-state index is 0.336. The predicted molar refractivity (Wildman–Crippen MR) is 89.8 cm³/mol. The molecule has 117 valence electrons. The van der Waals surface area contributed by atoms with Crippen LogP contribution in [0.15, 0.2) is 60.7 Å². The minimum Gasteiger partial charge on any atom is -0.497 e. The standard InChI is InChI=1S/C19H18NO3/c1-23-18-9-5-8-16(13-18)10-11-19(22)20-17(14-21)12-15-6-3-2-4-7-15/h2-11,13,17H,12H2,1H3,(H,20,22)/t17-/m0/s1. The van der Waals surface area contributed by atoms with E-state index in [0.717, 1.165) is 16.9 Å². The molecule has 0 bridgehead atoms. The van der Waals surface area contributed by atoms with Gasteiger partial charge in [-0.1, -0.05) is 42.5 Å². The van der Waals surface area contributed by atoms with Crippen LogP contribution < -0.4 is 10.1 Å². The second-order valence-corrected chi connectivity index (χ2v) is 4.98. The topological polar surface area (TPSA) is 55.4 Å². The van der Waals surface area contributed by atoms with E-state index in [4.69, 9.17) is 4.74 Å². The predicted octanol–water partition coefficient (Wildman–Crippen LogP) is 2.55. The third-order valence-corrected chi connectivity index (χ3v) is 3.26. The molecule has 4 nitrogen and oxygen atoms in total. The summed E-state index contributed by atoms with van der Waals surface area (Å²) in [5.74, 6) is 0.382. The summed E-state index contributed by atoms with van der Waals surface area (Å²) >= 11 is 0. The quantitative estimate of drug-likeness (QED) is 0.800. The molecular weight excluding hydrogens is 290 g/mol. The molecule has 0 saturated heterocycles. The molecule has 2 aromatic carbocycles. The molecule has 1 atom stereocenters. The van der Waals surface area contributed by atoms with Crippen molar-refractivity contribution in [3.05, 3.63) is 71.8 Å². The number of rotatable bonds is 7. The Morgan fingerprint density at radius 2 is 2.00 bits per heavy atom. The maximum atomic E-state index is 11.9. The number of benzene rings is 2. The lowest BCUT2D eigenvalue weighted by Crippen LogP contribution is -2.36. The lowest BCUT2D eigenvalue weighted by atomic mass is 10.1. The summed E-state index contributed by atoms with van der Waals surface area (Å²) in [4.78, 5) is 22.9. The highest BCUT2D eigenvalue weighted by Gasteiger charge is 2.11. The molecular formula is C19H18NO3. The number of hydrogen-bond donors (Lipinski definition) is 1. The van der Waals surface area contributed by atoms with Gasteiger partial charge in [-0.2, -0.15) is 0 Å². The van der Waals surface area contributed by atoms with Crippen molar-refractivity contribution >= 4 is 18.3 Å². The van der Waals surface area contributed by atoms with Crippen LogP contribution in [0.1, 0.15) is 11.1 Å². The molecule has 2 rings (SSSR count). The first-order valence-electron chi connectivity index (χ1n) is 7.25. The monoisotopic (exact) mass is 308 g/mol. The maximum absolute atomic E-state index is 11.9. The van der Waals surface area contributed by atoms with Crippen molar-refractivity contribution in [3.63, 3.8) is 0 Å². The van der Waals surface area contributed by atoms with Crippen LogP contribution in [0.2, 0.25) is 0 Å². The van der Waals surface area contributed by atoms with E-state index in [1.54, 1.807) is 13.2 Å². The van der Waals surface area contributed by atoms with Crippen LogP contribution >= 0.6 is 0 Å². The van der Waals surface area contributed by atoms with Crippen LogP contribution in [0, 0.1) is 0 Å². The van der Waals surface area contributed by atoms with E-state index in [2.05, 4.69) is 5.32 Å². The molecule has 0 fully saturated rings. The number of amides is 1. The molecule has 1 radical (unpaired) electrons. The van der Waals surface area contributed by atoms with Crippen molar-refractivity contribution in [1.29, 1.82) is 0 Å². The van der Waals surface area contributed by atoms with E-state index in [0.29, 0.717) is 6.42 Å². The van der Waals surface area contributed by atoms with Crippen molar-refractivity contribution in [2.75, 3.05) is 7.11 Å². The Bertz CT molecular complexity index is 680. The summed E-state index contributed by atoms with van der Waals surface area (Å²) in [6, 6.07) is 16.2. The highest BCUT2D eigenvalue weighted by Crippen LogP contribution is 2.13. The van der Waals surface area contributed by atoms with Gasteiger partial charge in [0.25, 0.3) is 0 Å². The van der Waals surface area contributed by atoms with Gasteiger partial charge in [0, 0.05) is 12.5 Å². The first-order chi connectivity index (χ1) is 11.2. The summed E-state index contributed by atoms with van der Waals surface area (Å²) in [5, 5.41) is 2.63. The lowest BCUT2D eigenvalue weighted by Gasteiger charge is -2.10. The molecule has 2 aromatic rings. The van der Waals surface area contributed by atoms with Crippen molar-refractivity contribution in [2.24, 2.45) is 0 Å². The van der Waals surface area contributed by atoms with Gasteiger partial charge in [0.2, 0.25) is 12.2 Å².